The van der Waals surface area contributed by atoms with Crippen molar-refractivity contribution in [3.8, 4) is 0 Å². The lowest BCUT2D eigenvalue weighted by atomic mass is 10.1. The largest absolute Gasteiger partial charge is 0.444 e. The molecule has 0 atom stereocenters. The maximum absolute atomic E-state index is 12.6. The zero-order valence-electron chi connectivity index (χ0n) is 23.1. The SMILES string of the molecule is Cc1[nH]c(=O)[nH]c1C(=O)c1ccc(NC(=O)CCCNC(=NCCCc2cnc[nH]2)NC(=O)OC(C)(C)C)cc1. The Bertz CT molecular complexity index is 1370. The molecule has 2 aromatic heterocycles. The van der Waals surface area contributed by atoms with Crippen LogP contribution in [0, 0.1) is 6.92 Å². The number of amides is 2. The zero-order chi connectivity index (χ0) is 29.1. The molecule has 0 unspecified atom stereocenters. The third-order valence-corrected chi connectivity index (χ3v) is 5.49. The van der Waals surface area contributed by atoms with E-state index in [9.17, 15) is 19.2 Å². The molecule has 2 heterocycles. The Kier molecular flexibility index (Phi) is 10.4. The smallest absolute Gasteiger partial charge is 0.414 e. The standard InChI is InChI=1S/C27H36N8O5/c1-17-22(34-25(38)32-17)23(37)18-9-11-19(12-10-18)33-21(36)8-6-14-30-24(35-26(39)40-27(2,3)4)29-13-5-7-20-15-28-16-31-20/h9-12,15-16H,5-8,13-14H2,1-4H3,(H,28,31)(H,33,36)(H2,32,34,38)(H2,29,30,35,39). The fourth-order valence-electron chi connectivity index (χ4n) is 3.65. The summed E-state index contributed by atoms with van der Waals surface area (Å²) < 4.78 is 5.31. The number of aromatic amines is 3. The summed E-state index contributed by atoms with van der Waals surface area (Å²) in [5.41, 5.74) is 1.50. The fraction of sp³-hybridized carbons (Fsp3) is 0.407. The van der Waals surface area contributed by atoms with E-state index in [4.69, 9.17) is 4.74 Å². The van der Waals surface area contributed by atoms with Crippen LogP contribution in [-0.2, 0) is 16.0 Å². The molecule has 0 spiro atoms. The zero-order valence-corrected chi connectivity index (χ0v) is 23.1. The van der Waals surface area contributed by atoms with Crippen LogP contribution in [0.4, 0.5) is 10.5 Å². The van der Waals surface area contributed by atoms with E-state index in [2.05, 4.69) is 40.9 Å². The van der Waals surface area contributed by atoms with E-state index in [1.54, 1.807) is 64.5 Å². The van der Waals surface area contributed by atoms with Crippen LogP contribution in [0.25, 0.3) is 0 Å². The number of ketones is 1. The summed E-state index contributed by atoms with van der Waals surface area (Å²) >= 11 is 0. The molecule has 0 saturated heterocycles. The number of guanidine groups is 1. The molecule has 214 valence electrons. The molecule has 0 aliphatic carbocycles. The van der Waals surface area contributed by atoms with Crippen molar-refractivity contribution in [3.05, 3.63) is 69.9 Å². The molecule has 0 saturated carbocycles. The summed E-state index contributed by atoms with van der Waals surface area (Å²) in [6, 6.07) is 6.42. The maximum atomic E-state index is 12.6. The van der Waals surface area contributed by atoms with Gasteiger partial charge in [0, 0.05) is 48.3 Å². The van der Waals surface area contributed by atoms with Gasteiger partial charge in [0.2, 0.25) is 17.6 Å². The highest BCUT2D eigenvalue weighted by atomic mass is 16.6. The number of hydrogen-bond donors (Lipinski definition) is 6. The Balaban J connectivity index is 1.46. The minimum absolute atomic E-state index is 0.204. The number of anilines is 1. The van der Waals surface area contributed by atoms with Gasteiger partial charge in [-0.1, -0.05) is 0 Å². The van der Waals surface area contributed by atoms with Gasteiger partial charge in [0.05, 0.1) is 6.33 Å². The summed E-state index contributed by atoms with van der Waals surface area (Å²) in [5, 5.41) is 8.49. The second kappa shape index (κ2) is 13.9. The van der Waals surface area contributed by atoms with E-state index in [0.717, 1.165) is 18.5 Å². The molecular formula is C27H36N8O5. The first kappa shape index (κ1) is 29.9. The normalized spacial score (nSPS) is 11.7. The number of benzene rings is 1. The number of nitrogens with one attached hydrogen (secondary N) is 6. The molecule has 0 bridgehead atoms. The average Bonchev–Trinajstić information content (AvgIpc) is 3.52. The number of alkyl carbamates (subject to hydrolysis) is 1. The maximum Gasteiger partial charge on any atom is 0.414 e. The predicted octanol–water partition coefficient (Wildman–Crippen LogP) is 2.79. The Morgan fingerprint density at radius 1 is 1.07 bits per heavy atom. The number of hydrogen-bond acceptors (Lipinski definition) is 7. The van der Waals surface area contributed by atoms with Gasteiger partial charge in [0.15, 0.2) is 0 Å². The quantitative estimate of drug-likeness (QED) is 0.0913. The van der Waals surface area contributed by atoms with Crippen LogP contribution < -0.4 is 21.6 Å². The minimum Gasteiger partial charge on any atom is -0.444 e. The number of carbonyl (C=O) groups excluding carboxylic acids is 3. The number of aryl methyl sites for hydroxylation is 2. The Morgan fingerprint density at radius 3 is 2.45 bits per heavy atom. The van der Waals surface area contributed by atoms with Crippen LogP contribution in [0.3, 0.4) is 0 Å². The predicted molar refractivity (Wildman–Crippen MR) is 150 cm³/mol. The topological polar surface area (TPSA) is 186 Å². The van der Waals surface area contributed by atoms with E-state index in [1.165, 1.54) is 0 Å². The van der Waals surface area contributed by atoms with Gasteiger partial charge >= 0.3 is 11.8 Å². The molecule has 0 radical (unpaired) electrons. The third kappa shape index (κ3) is 9.89. The van der Waals surface area contributed by atoms with Crippen molar-refractivity contribution in [2.45, 2.75) is 59.0 Å². The summed E-state index contributed by atoms with van der Waals surface area (Å²) in [4.78, 5) is 65.1. The fourth-order valence-corrected chi connectivity index (χ4v) is 3.65. The van der Waals surface area contributed by atoms with Crippen molar-refractivity contribution in [2.75, 3.05) is 18.4 Å². The first-order valence-electron chi connectivity index (χ1n) is 13.0. The minimum atomic E-state index is -0.654. The molecule has 2 amide bonds. The van der Waals surface area contributed by atoms with Gasteiger partial charge in [-0.15, -0.1) is 0 Å². The molecule has 40 heavy (non-hydrogen) atoms. The highest BCUT2D eigenvalue weighted by molar-refractivity contribution is 6.08. The Hall–Kier alpha value is -4.68. The summed E-state index contributed by atoms with van der Waals surface area (Å²) in [6.07, 6.45) is 4.97. The second-order valence-electron chi connectivity index (χ2n) is 10.1. The number of imidazole rings is 2. The van der Waals surface area contributed by atoms with Gasteiger partial charge in [-0.3, -0.25) is 19.9 Å². The van der Waals surface area contributed by atoms with Crippen molar-refractivity contribution in [2.24, 2.45) is 4.99 Å². The number of aliphatic imine (C=N–C) groups is 1. The molecule has 0 aliphatic heterocycles. The number of ether oxygens (including phenoxy) is 1. The van der Waals surface area contributed by atoms with Gasteiger partial charge in [-0.2, -0.15) is 0 Å². The third-order valence-electron chi connectivity index (χ3n) is 5.49. The monoisotopic (exact) mass is 552 g/mol. The number of aromatic nitrogens is 4. The van der Waals surface area contributed by atoms with Crippen molar-refractivity contribution < 1.29 is 19.1 Å². The van der Waals surface area contributed by atoms with Crippen molar-refractivity contribution in [3.63, 3.8) is 0 Å². The van der Waals surface area contributed by atoms with Crippen LogP contribution >= 0.6 is 0 Å². The van der Waals surface area contributed by atoms with E-state index in [-0.39, 0.29) is 29.8 Å². The molecule has 13 heteroatoms. The molecule has 1 aromatic carbocycles. The lowest BCUT2D eigenvalue weighted by Crippen LogP contribution is -2.44. The summed E-state index contributed by atoms with van der Waals surface area (Å²) in [6.45, 7) is 7.82. The van der Waals surface area contributed by atoms with Gasteiger partial charge in [0.1, 0.15) is 11.3 Å². The molecule has 0 fully saturated rings. The first-order valence-corrected chi connectivity index (χ1v) is 13.0. The lowest BCUT2D eigenvalue weighted by Gasteiger charge is -2.20. The number of carbonyl (C=O) groups is 3. The van der Waals surface area contributed by atoms with Crippen LogP contribution in [0.5, 0.6) is 0 Å². The number of rotatable bonds is 11. The van der Waals surface area contributed by atoms with Gasteiger partial charge < -0.3 is 30.3 Å². The van der Waals surface area contributed by atoms with Crippen LogP contribution in [0.2, 0.25) is 0 Å². The molecule has 13 nitrogen and oxygen atoms in total. The van der Waals surface area contributed by atoms with Crippen molar-refractivity contribution >= 4 is 29.4 Å². The highest BCUT2D eigenvalue weighted by Gasteiger charge is 2.18. The van der Waals surface area contributed by atoms with Gasteiger partial charge in [0.25, 0.3) is 0 Å². The summed E-state index contributed by atoms with van der Waals surface area (Å²) in [7, 11) is 0. The van der Waals surface area contributed by atoms with Gasteiger partial charge in [-0.25, -0.2) is 14.6 Å². The molecule has 6 N–H and O–H groups in total. The second-order valence-corrected chi connectivity index (χ2v) is 10.1. The van der Waals surface area contributed by atoms with E-state index >= 15 is 0 Å². The van der Waals surface area contributed by atoms with Crippen LogP contribution in [0.1, 0.15) is 67.5 Å². The van der Waals surface area contributed by atoms with Gasteiger partial charge in [-0.05, 0) is 71.2 Å². The van der Waals surface area contributed by atoms with Crippen molar-refractivity contribution in [1.82, 2.24) is 30.6 Å². The van der Waals surface area contributed by atoms with Crippen LogP contribution in [-0.4, -0.2) is 62.4 Å². The lowest BCUT2D eigenvalue weighted by molar-refractivity contribution is -0.116. The Labute approximate surface area is 231 Å². The van der Waals surface area contributed by atoms with E-state index in [0.29, 0.717) is 36.5 Å². The van der Waals surface area contributed by atoms with Crippen LogP contribution in [0.15, 0.2) is 46.6 Å². The number of H-pyrrole nitrogens is 3. The molecular weight excluding hydrogens is 516 g/mol. The molecule has 3 aromatic rings. The van der Waals surface area contributed by atoms with Crippen molar-refractivity contribution in [1.29, 1.82) is 0 Å². The summed E-state index contributed by atoms with van der Waals surface area (Å²) in [5.74, 6) is -0.248. The number of nitrogens with zero attached hydrogens (tertiary/aromatic N) is 2. The Morgan fingerprint density at radius 2 is 1.82 bits per heavy atom. The first-order chi connectivity index (χ1) is 19.0. The average molecular weight is 553 g/mol. The highest BCUT2D eigenvalue weighted by Crippen LogP contribution is 2.14. The van der Waals surface area contributed by atoms with E-state index in [1.807, 2.05) is 0 Å². The molecule has 3 rings (SSSR count). The van der Waals surface area contributed by atoms with E-state index < -0.39 is 17.4 Å². The molecule has 0 aliphatic rings.